The summed E-state index contributed by atoms with van der Waals surface area (Å²) in [6.45, 7) is 4.17. The number of ether oxygens (including phenoxy) is 2. The molecule has 1 unspecified atom stereocenters. The van der Waals surface area contributed by atoms with Crippen molar-refractivity contribution in [2.24, 2.45) is 0 Å². The Morgan fingerprint density at radius 3 is 2.67 bits per heavy atom. The summed E-state index contributed by atoms with van der Waals surface area (Å²) in [5, 5.41) is 10.1. The van der Waals surface area contributed by atoms with Crippen LogP contribution in [0.4, 0.5) is 13.2 Å². The fourth-order valence-electron chi connectivity index (χ4n) is 4.42. The van der Waals surface area contributed by atoms with Gasteiger partial charge in [0.1, 0.15) is 18.1 Å². The first-order chi connectivity index (χ1) is 15.6. The predicted octanol–water partition coefficient (Wildman–Crippen LogP) is 6.38. The molecule has 0 radical (unpaired) electrons. The van der Waals surface area contributed by atoms with Gasteiger partial charge in [-0.3, -0.25) is 4.79 Å². The quantitative estimate of drug-likeness (QED) is 0.444. The first-order valence-corrected chi connectivity index (χ1v) is 11.0. The highest BCUT2D eigenvalue weighted by molar-refractivity contribution is 5.83. The van der Waals surface area contributed by atoms with Gasteiger partial charge < -0.3 is 19.1 Å². The van der Waals surface area contributed by atoms with Crippen LogP contribution in [0.3, 0.4) is 0 Å². The molecule has 176 valence electrons. The van der Waals surface area contributed by atoms with Gasteiger partial charge >= 0.3 is 12.1 Å². The van der Waals surface area contributed by atoms with E-state index >= 15 is 0 Å². The molecule has 0 saturated carbocycles. The number of carboxylic acids is 1. The molecule has 8 heteroatoms. The highest BCUT2D eigenvalue weighted by Gasteiger charge is 2.35. The van der Waals surface area contributed by atoms with E-state index in [0.717, 1.165) is 42.0 Å². The maximum Gasteiger partial charge on any atom is 0.419 e. The van der Waals surface area contributed by atoms with Gasteiger partial charge in [-0.25, -0.2) is 0 Å². The molecule has 2 heterocycles. The zero-order chi connectivity index (χ0) is 23.8. The lowest BCUT2D eigenvalue weighted by atomic mass is 9.93. The number of hydrogen-bond acceptors (Lipinski definition) is 3. The van der Waals surface area contributed by atoms with Crippen molar-refractivity contribution in [3.05, 3.63) is 59.3 Å². The molecule has 0 fully saturated rings. The Morgan fingerprint density at radius 2 is 1.97 bits per heavy atom. The molecular weight excluding hydrogens is 435 g/mol. The number of benzene rings is 2. The monoisotopic (exact) mass is 461 g/mol. The lowest BCUT2D eigenvalue weighted by molar-refractivity contribution is -0.139. The maximum absolute atomic E-state index is 13.5. The average Bonchev–Trinajstić information content (AvgIpc) is 3.10. The predicted molar refractivity (Wildman–Crippen MR) is 118 cm³/mol. The number of carbonyl (C=O) groups is 1. The minimum Gasteiger partial charge on any atom is -0.490 e. The van der Waals surface area contributed by atoms with E-state index in [2.05, 4.69) is 4.57 Å². The first-order valence-electron chi connectivity index (χ1n) is 11.0. The van der Waals surface area contributed by atoms with Crippen molar-refractivity contribution in [3.8, 4) is 11.5 Å². The van der Waals surface area contributed by atoms with Crippen molar-refractivity contribution >= 4 is 16.9 Å². The molecule has 1 aromatic heterocycles. The summed E-state index contributed by atoms with van der Waals surface area (Å²) in [5.74, 6) is -0.500. The van der Waals surface area contributed by atoms with Crippen LogP contribution in [0.15, 0.2) is 42.5 Å². The number of aliphatic carboxylic acids is 1. The van der Waals surface area contributed by atoms with Crippen LogP contribution in [0.1, 0.15) is 55.8 Å². The van der Waals surface area contributed by atoms with E-state index in [1.165, 1.54) is 6.07 Å². The van der Waals surface area contributed by atoms with Gasteiger partial charge in [0.2, 0.25) is 0 Å². The molecule has 0 aliphatic carbocycles. The van der Waals surface area contributed by atoms with Gasteiger partial charge in [-0.2, -0.15) is 13.2 Å². The molecule has 0 spiro atoms. The Morgan fingerprint density at radius 1 is 1.18 bits per heavy atom. The second kappa shape index (κ2) is 9.00. The van der Waals surface area contributed by atoms with E-state index in [4.69, 9.17) is 9.47 Å². The Kier molecular flexibility index (Phi) is 6.28. The molecule has 0 bridgehead atoms. The molecule has 0 amide bonds. The maximum atomic E-state index is 13.5. The normalized spacial score (nSPS) is 16.1. The van der Waals surface area contributed by atoms with E-state index in [0.29, 0.717) is 11.3 Å². The lowest BCUT2D eigenvalue weighted by Crippen LogP contribution is -2.17. The number of fused-ring (bicyclic) bond motifs is 3. The molecule has 4 rings (SSSR count). The van der Waals surface area contributed by atoms with Crippen molar-refractivity contribution in [2.45, 2.75) is 64.5 Å². The summed E-state index contributed by atoms with van der Waals surface area (Å²) in [6, 6.07) is 11.5. The van der Waals surface area contributed by atoms with Crippen LogP contribution in [-0.4, -0.2) is 21.7 Å². The van der Waals surface area contributed by atoms with Crippen LogP contribution < -0.4 is 9.47 Å². The summed E-state index contributed by atoms with van der Waals surface area (Å²) >= 11 is 0. The Balaban J connectivity index is 1.55. The van der Waals surface area contributed by atoms with Gasteiger partial charge in [0.25, 0.3) is 0 Å². The molecule has 1 atom stereocenters. The summed E-state index contributed by atoms with van der Waals surface area (Å²) in [5.41, 5.74) is 1.57. The number of carboxylic acid groups (broad SMARTS) is 1. The first kappa shape index (κ1) is 23.0. The summed E-state index contributed by atoms with van der Waals surface area (Å²) in [4.78, 5) is 11.2. The van der Waals surface area contributed by atoms with Crippen LogP contribution in [0.5, 0.6) is 11.5 Å². The molecule has 1 N–H and O–H groups in total. The fourth-order valence-corrected chi connectivity index (χ4v) is 4.42. The fraction of sp³-hybridized carbons (Fsp3) is 0.400. The van der Waals surface area contributed by atoms with Gasteiger partial charge in [-0.15, -0.1) is 0 Å². The SMILES string of the molecule is CC(C)Oc1ccc(COc2ccc3c(c2)cc2n3CCCC2CC(=O)O)cc1C(F)(F)F. The van der Waals surface area contributed by atoms with Gasteiger partial charge in [-0.1, -0.05) is 6.07 Å². The van der Waals surface area contributed by atoms with E-state index in [1.807, 2.05) is 18.2 Å². The topological polar surface area (TPSA) is 60.7 Å². The largest absolute Gasteiger partial charge is 0.490 e. The number of halogens is 3. The molecule has 0 saturated heterocycles. The zero-order valence-electron chi connectivity index (χ0n) is 18.5. The van der Waals surface area contributed by atoms with Crippen molar-refractivity contribution in [2.75, 3.05) is 0 Å². The van der Waals surface area contributed by atoms with Crippen LogP contribution in [0.2, 0.25) is 0 Å². The van der Waals surface area contributed by atoms with E-state index in [1.54, 1.807) is 26.0 Å². The third-order valence-electron chi connectivity index (χ3n) is 5.80. The molecule has 1 aliphatic heterocycles. The summed E-state index contributed by atoms with van der Waals surface area (Å²) in [6.07, 6.45) is -3.05. The van der Waals surface area contributed by atoms with E-state index in [9.17, 15) is 23.1 Å². The smallest absolute Gasteiger partial charge is 0.419 e. The number of hydrogen-bond donors (Lipinski definition) is 1. The Hall–Kier alpha value is -3.16. The van der Waals surface area contributed by atoms with Crippen molar-refractivity contribution < 1.29 is 32.5 Å². The van der Waals surface area contributed by atoms with Gasteiger partial charge in [-0.05, 0) is 68.7 Å². The third-order valence-corrected chi connectivity index (χ3v) is 5.80. The van der Waals surface area contributed by atoms with Crippen molar-refractivity contribution in [1.82, 2.24) is 4.57 Å². The second-order valence-corrected chi connectivity index (χ2v) is 8.66. The molecule has 3 aromatic rings. The van der Waals surface area contributed by atoms with Crippen molar-refractivity contribution in [3.63, 3.8) is 0 Å². The number of rotatable bonds is 7. The number of aromatic nitrogens is 1. The molecule has 5 nitrogen and oxygen atoms in total. The van der Waals surface area contributed by atoms with Crippen LogP contribution in [0.25, 0.3) is 10.9 Å². The summed E-state index contributed by atoms with van der Waals surface area (Å²) < 4.78 is 53.7. The highest BCUT2D eigenvalue weighted by Crippen LogP contribution is 2.38. The van der Waals surface area contributed by atoms with Crippen LogP contribution >= 0.6 is 0 Å². The Bertz CT molecular complexity index is 1170. The average molecular weight is 461 g/mol. The lowest BCUT2D eigenvalue weighted by Gasteiger charge is -2.24. The zero-order valence-corrected chi connectivity index (χ0v) is 18.5. The molecular formula is C25H26F3NO4. The van der Waals surface area contributed by atoms with Gasteiger partial charge in [0, 0.05) is 29.1 Å². The van der Waals surface area contributed by atoms with Crippen LogP contribution in [0, 0.1) is 0 Å². The molecule has 1 aliphatic rings. The minimum absolute atomic E-state index is 0.0221. The number of nitrogens with zero attached hydrogens (tertiary/aromatic N) is 1. The number of aryl methyl sites for hydroxylation is 1. The summed E-state index contributed by atoms with van der Waals surface area (Å²) in [7, 11) is 0. The van der Waals surface area contributed by atoms with Gasteiger partial charge in [0.05, 0.1) is 18.1 Å². The highest BCUT2D eigenvalue weighted by atomic mass is 19.4. The molecule has 2 aromatic carbocycles. The molecule has 33 heavy (non-hydrogen) atoms. The third kappa shape index (κ3) is 5.10. The van der Waals surface area contributed by atoms with Crippen LogP contribution in [-0.2, 0) is 24.1 Å². The van der Waals surface area contributed by atoms with E-state index in [-0.39, 0.29) is 30.8 Å². The number of alkyl halides is 3. The standard InChI is InChI=1S/C25H26F3NO4/c1-15(2)33-23-8-5-16(10-20(23)25(26,27)28)14-32-19-6-7-21-18(11-19)12-22-17(13-24(30)31)4-3-9-29(21)22/h5-8,10-12,15,17H,3-4,9,13-14H2,1-2H3,(H,30,31). The van der Waals surface area contributed by atoms with Crippen molar-refractivity contribution in [1.29, 1.82) is 0 Å². The minimum atomic E-state index is -4.53. The Labute approximate surface area is 189 Å². The van der Waals surface area contributed by atoms with Gasteiger partial charge in [0.15, 0.2) is 0 Å². The van der Waals surface area contributed by atoms with E-state index < -0.39 is 17.7 Å². The second-order valence-electron chi connectivity index (χ2n) is 8.66.